The molecule has 0 spiro atoms. The molecule has 0 aliphatic heterocycles. The van der Waals surface area contributed by atoms with Crippen molar-refractivity contribution in [2.45, 2.75) is 6.92 Å². The quantitative estimate of drug-likeness (QED) is 0.386. The van der Waals surface area contributed by atoms with Crippen molar-refractivity contribution in [3.8, 4) is 0 Å². The second-order valence-corrected chi connectivity index (χ2v) is 1.54. The van der Waals surface area contributed by atoms with Crippen LogP contribution in [0.3, 0.4) is 0 Å². The van der Waals surface area contributed by atoms with Crippen LogP contribution in [0.1, 0.15) is 6.92 Å². The number of aliphatic imine (C=N–C) groups is 1. The molecule has 0 heterocycles. The van der Waals surface area contributed by atoms with Crippen LogP contribution in [0.2, 0.25) is 0 Å². The third kappa shape index (κ3) is 3.36. The van der Waals surface area contributed by atoms with Gasteiger partial charge >= 0.3 is 0 Å². The molecule has 0 aliphatic rings. The van der Waals surface area contributed by atoms with Crippen molar-refractivity contribution in [2.75, 3.05) is 6.54 Å². The average Bonchev–Trinajstić information content (AvgIpc) is 1.65. The van der Waals surface area contributed by atoms with Gasteiger partial charge in [0, 0.05) is 5.70 Å². The minimum Gasteiger partial charge on any atom is -0.386 e. The van der Waals surface area contributed by atoms with Gasteiger partial charge in [0.2, 0.25) is 0 Å². The summed E-state index contributed by atoms with van der Waals surface area (Å²) in [5, 5.41) is 0. The molecule has 46 valence electrons. The first-order valence-corrected chi connectivity index (χ1v) is 2.35. The SMILES string of the molecule is C=C(C)/N=C(/N)CN. The first kappa shape index (κ1) is 7.17. The third-order valence-electron chi connectivity index (χ3n) is 0.544. The maximum atomic E-state index is 5.24. The summed E-state index contributed by atoms with van der Waals surface area (Å²) < 4.78 is 0. The lowest BCUT2D eigenvalue weighted by Crippen LogP contribution is -2.22. The van der Waals surface area contributed by atoms with E-state index in [1.807, 2.05) is 0 Å². The van der Waals surface area contributed by atoms with Crippen LogP contribution in [0.15, 0.2) is 17.3 Å². The van der Waals surface area contributed by atoms with Crippen molar-refractivity contribution >= 4 is 5.84 Å². The largest absolute Gasteiger partial charge is 0.386 e. The second kappa shape index (κ2) is 3.21. The van der Waals surface area contributed by atoms with Crippen molar-refractivity contribution in [2.24, 2.45) is 16.5 Å². The third-order valence-corrected chi connectivity index (χ3v) is 0.544. The molecule has 0 aliphatic carbocycles. The smallest absolute Gasteiger partial charge is 0.113 e. The van der Waals surface area contributed by atoms with E-state index in [1.165, 1.54) is 0 Å². The van der Waals surface area contributed by atoms with Crippen LogP contribution in [0.4, 0.5) is 0 Å². The van der Waals surface area contributed by atoms with E-state index in [0.29, 0.717) is 18.1 Å². The molecule has 0 aromatic heterocycles. The summed E-state index contributed by atoms with van der Waals surface area (Å²) in [6.45, 7) is 5.58. The van der Waals surface area contributed by atoms with E-state index in [9.17, 15) is 0 Å². The topological polar surface area (TPSA) is 64.4 Å². The Hall–Kier alpha value is -0.830. The maximum Gasteiger partial charge on any atom is 0.113 e. The summed E-state index contributed by atoms with van der Waals surface area (Å²) >= 11 is 0. The molecule has 0 saturated carbocycles. The monoisotopic (exact) mass is 113 g/mol. The molecule has 0 fully saturated rings. The summed E-state index contributed by atoms with van der Waals surface area (Å²) in [6, 6.07) is 0. The highest BCUT2D eigenvalue weighted by molar-refractivity contribution is 5.82. The molecule has 3 heteroatoms. The van der Waals surface area contributed by atoms with Crippen molar-refractivity contribution in [1.82, 2.24) is 0 Å². The number of nitrogens with two attached hydrogens (primary N) is 2. The normalized spacial score (nSPS) is 11.5. The van der Waals surface area contributed by atoms with E-state index in [1.54, 1.807) is 6.92 Å². The fourth-order valence-electron chi connectivity index (χ4n) is 0.291. The Balaban J connectivity index is 3.75. The molecule has 0 saturated heterocycles. The van der Waals surface area contributed by atoms with E-state index in [0.717, 1.165) is 0 Å². The lowest BCUT2D eigenvalue weighted by molar-refractivity contribution is 1.22. The summed E-state index contributed by atoms with van der Waals surface area (Å²) in [5.74, 6) is 0.428. The summed E-state index contributed by atoms with van der Waals surface area (Å²) in [4.78, 5) is 3.77. The van der Waals surface area contributed by atoms with Crippen molar-refractivity contribution in [3.63, 3.8) is 0 Å². The van der Waals surface area contributed by atoms with Gasteiger partial charge in [0.05, 0.1) is 6.54 Å². The summed E-state index contributed by atoms with van der Waals surface area (Å²) in [6.07, 6.45) is 0. The van der Waals surface area contributed by atoms with Crippen molar-refractivity contribution in [3.05, 3.63) is 12.3 Å². The molecule has 0 unspecified atom stereocenters. The molecule has 3 nitrogen and oxygen atoms in total. The maximum absolute atomic E-state index is 5.24. The van der Waals surface area contributed by atoms with Gasteiger partial charge in [-0.3, -0.25) is 0 Å². The van der Waals surface area contributed by atoms with Gasteiger partial charge in [-0.05, 0) is 6.92 Å². The Labute approximate surface area is 49.1 Å². The van der Waals surface area contributed by atoms with Crippen LogP contribution in [0, 0.1) is 0 Å². The minimum atomic E-state index is 0.298. The predicted octanol–water partition coefficient (Wildman–Crippen LogP) is -0.164. The zero-order valence-electron chi connectivity index (χ0n) is 5.02. The Morgan fingerprint density at radius 3 is 2.38 bits per heavy atom. The molecule has 4 N–H and O–H groups in total. The molecule has 0 aromatic rings. The zero-order chi connectivity index (χ0) is 6.57. The van der Waals surface area contributed by atoms with Gasteiger partial charge in [-0.15, -0.1) is 0 Å². The molecule has 0 radical (unpaired) electrons. The van der Waals surface area contributed by atoms with Crippen molar-refractivity contribution in [1.29, 1.82) is 0 Å². The Morgan fingerprint density at radius 2 is 2.25 bits per heavy atom. The Morgan fingerprint density at radius 1 is 1.75 bits per heavy atom. The highest BCUT2D eigenvalue weighted by Crippen LogP contribution is 1.85. The van der Waals surface area contributed by atoms with E-state index in [2.05, 4.69) is 11.6 Å². The van der Waals surface area contributed by atoms with E-state index < -0.39 is 0 Å². The second-order valence-electron chi connectivity index (χ2n) is 1.54. The highest BCUT2D eigenvalue weighted by atomic mass is 14.9. The number of rotatable bonds is 2. The molecule has 8 heavy (non-hydrogen) atoms. The van der Waals surface area contributed by atoms with Gasteiger partial charge in [0.15, 0.2) is 0 Å². The van der Waals surface area contributed by atoms with Crippen LogP contribution < -0.4 is 11.5 Å². The lowest BCUT2D eigenvalue weighted by Gasteiger charge is -1.91. The molecular formula is C5H11N3. The van der Waals surface area contributed by atoms with Crippen LogP contribution in [0.5, 0.6) is 0 Å². The molecule has 0 atom stereocenters. The molecular weight excluding hydrogens is 102 g/mol. The van der Waals surface area contributed by atoms with Gasteiger partial charge < -0.3 is 11.5 Å². The van der Waals surface area contributed by atoms with Crippen LogP contribution >= 0.6 is 0 Å². The molecule has 0 rings (SSSR count). The number of hydrogen-bond donors (Lipinski definition) is 2. The first-order valence-electron chi connectivity index (χ1n) is 2.35. The predicted molar refractivity (Wildman–Crippen MR) is 35.5 cm³/mol. The van der Waals surface area contributed by atoms with Crippen LogP contribution in [-0.2, 0) is 0 Å². The van der Waals surface area contributed by atoms with Gasteiger partial charge in [-0.1, -0.05) is 6.58 Å². The number of nitrogens with zero attached hydrogens (tertiary/aromatic N) is 1. The summed E-state index contributed by atoms with van der Waals surface area (Å²) in [5.41, 5.74) is 11.0. The van der Waals surface area contributed by atoms with Gasteiger partial charge in [-0.25, -0.2) is 4.99 Å². The standard InChI is InChI=1S/C5H11N3/c1-4(2)8-5(7)3-6/h1,3,6H2,2H3,(H2,7,8). The summed E-state index contributed by atoms with van der Waals surface area (Å²) in [7, 11) is 0. The van der Waals surface area contributed by atoms with E-state index in [4.69, 9.17) is 11.5 Å². The number of amidine groups is 1. The van der Waals surface area contributed by atoms with Crippen LogP contribution in [0.25, 0.3) is 0 Å². The van der Waals surface area contributed by atoms with Gasteiger partial charge in [0.1, 0.15) is 5.84 Å². The fourth-order valence-corrected chi connectivity index (χ4v) is 0.291. The highest BCUT2D eigenvalue weighted by Gasteiger charge is 1.82. The zero-order valence-corrected chi connectivity index (χ0v) is 5.02. The first-order chi connectivity index (χ1) is 3.66. The fraction of sp³-hybridized carbons (Fsp3) is 0.400. The van der Waals surface area contributed by atoms with Gasteiger partial charge in [-0.2, -0.15) is 0 Å². The van der Waals surface area contributed by atoms with E-state index in [-0.39, 0.29) is 0 Å². The lowest BCUT2D eigenvalue weighted by atomic mass is 10.5. The van der Waals surface area contributed by atoms with Crippen LogP contribution in [-0.4, -0.2) is 12.4 Å². The molecule has 0 bridgehead atoms. The Kier molecular flexibility index (Phi) is 2.88. The minimum absolute atomic E-state index is 0.298. The average molecular weight is 113 g/mol. The number of allylic oxidation sites excluding steroid dienone is 1. The molecule has 0 amide bonds. The van der Waals surface area contributed by atoms with Crippen molar-refractivity contribution < 1.29 is 0 Å². The number of hydrogen-bond acceptors (Lipinski definition) is 2. The Bertz CT molecular complexity index is 115. The van der Waals surface area contributed by atoms with Gasteiger partial charge in [0.25, 0.3) is 0 Å². The van der Waals surface area contributed by atoms with E-state index >= 15 is 0 Å². The molecule has 0 aromatic carbocycles.